The Labute approximate surface area is 865 Å². The number of esters is 1. The third-order valence-electron chi connectivity index (χ3n) is 35.6. The molecule has 5 saturated carbocycles. The number of ketones is 3. The molecular weight excluding hydrogens is 1820 g/mol. The van der Waals surface area contributed by atoms with Gasteiger partial charge in [-0.3, -0.25) is 53.1 Å². The van der Waals surface area contributed by atoms with Crippen molar-refractivity contribution >= 4 is 86.8 Å². The van der Waals surface area contributed by atoms with Crippen LogP contribution in [0.2, 0.25) is 0 Å². The molecule has 24 heteroatoms. The van der Waals surface area contributed by atoms with Crippen LogP contribution in [0.1, 0.15) is 365 Å². The van der Waals surface area contributed by atoms with Crippen LogP contribution in [-0.4, -0.2) is 208 Å². The SMILES string of the molecule is C.C=C1CC(=O)Cc2ncccc2N1C1CCN(C2CCCCCCC2)CC1.C=C1CC(=O)Nc2ccc(F)cc2N1C1CCN(C2CCCCCCC2)CC1.C=C1CC(=O)Nc2ccccc2N1C1CCN(C2CCCCCCC2)CC1.COC(=O)C1(N2CCC(N3C(=O)CC(=O)Cc4ccc(F)cc43)CC2)CCCCCCC1.O=C1CC(=O)N(C2C[C@H]3CCC[C@@H](C2)N3C2CCCCCCC2)c2ccccc2C1. The molecule has 1 unspecified atom stereocenters. The number of ether oxygens (including phenoxy) is 1. The van der Waals surface area contributed by atoms with Crippen LogP contribution in [0, 0.1) is 11.6 Å². The molecular formula is C121H171F2N13O9. The minimum Gasteiger partial charge on any atom is -0.468 e. The zero-order chi connectivity index (χ0) is 100. The maximum atomic E-state index is 14.1. The van der Waals surface area contributed by atoms with Crippen molar-refractivity contribution in [1.29, 1.82) is 0 Å². The van der Waals surface area contributed by atoms with E-state index in [1.54, 1.807) is 23.2 Å². The quantitative estimate of drug-likeness (QED) is 0.0928. The third kappa shape index (κ3) is 27.5. The number of nitrogens with zero attached hydrogens (tertiary/aromatic N) is 11. The van der Waals surface area contributed by atoms with Gasteiger partial charge in [-0.2, -0.15) is 0 Å². The smallest absolute Gasteiger partial charge is 0.326 e. The Morgan fingerprint density at radius 1 is 0.338 bits per heavy atom. The Morgan fingerprint density at radius 3 is 1.19 bits per heavy atom. The van der Waals surface area contributed by atoms with Gasteiger partial charge in [0.15, 0.2) is 0 Å². The van der Waals surface area contributed by atoms with E-state index >= 15 is 0 Å². The number of amides is 4. The van der Waals surface area contributed by atoms with Crippen LogP contribution in [0.5, 0.6) is 0 Å². The van der Waals surface area contributed by atoms with Crippen molar-refractivity contribution in [1.82, 2.24) is 29.5 Å². The van der Waals surface area contributed by atoms with Crippen molar-refractivity contribution in [3.05, 3.63) is 169 Å². The van der Waals surface area contributed by atoms with Gasteiger partial charge in [-0.25, -0.2) is 8.78 Å². The van der Waals surface area contributed by atoms with Crippen molar-refractivity contribution in [3.63, 3.8) is 0 Å². The second kappa shape index (κ2) is 52.7. The van der Waals surface area contributed by atoms with Crippen molar-refractivity contribution in [2.45, 2.75) is 439 Å². The molecule has 2 N–H and O–H groups in total. The van der Waals surface area contributed by atoms with Crippen molar-refractivity contribution in [2.24, 2.45) is 0 Å². The lowest BCUT2D eigenvalue weighted by Crippen LogP contribution is -2.61. The van der Waals surface area contributed by atoms with Crippen molar-refractivity contribution < 1.29 is 51.9 Å². The average Bonchev–Trinajstić information content (AvgIpc) is 1.77. The number of rotatable bonds is 11. The molecule has 16 aliphatic rings. The zero-order valence-electron chi connectivity index (χ0n) is 86.9. The number of pyridine rings is 1. The molecule has 6 saturated heterocycles. The van der Waals surface area contributed by atoms with Gasteiger partial charge in [0, 0.05) is 167 Å². The van der Waals surface area contributed by atoms with Crippen LogP contribution < -0.4 is 35.1 Å². The summed E-state index contributed by atoms with van der Waals surface area (Å²) in [5, 5.41) is 5.95. The number of halogens is 2. The van der Waals surface area contributed by atoms with Crippen LogP contribution >= 0.6 is 0 Å². The number of nitrogens with one attached hydrogen (secondary N) is 2. The molecule has 0 radical (unpaired) electrons. The summed E-state index contributed by atoms with van der Waals surface area (Å²) in [6.07, 6.45) is 63.7. The van der Waals surface area contributed by atoms with Gasteiger partial charge in [-0.1, -0.05) is 231 Å². The van der Waals surface area contributed by atoms with Gasteiger partial charge < -0.3 is 54.6 Å². The summed E-state index contributed by atoms with van der Waals surface area (Å²) >= 11 is 0. The number of likely N-dealkylation sites (tertiary alicyclic amines) is 4. The van der Waals surface area contributed by atoms with E-state index in [1.807, 2.05) is 41.3 Å². The zero-order valence-corrected chi connectivity index (χ0v) is 86.9. The number of carbonyl (C=O) groups is 8. The second-order valence-electron chi connectivity index (χ2n) is 45.1. The minimum atomic E-state index is -0.594. The molecule has 4 aromatic carbocycles. The Bertz CT molecular complexity index is 5050. The Balaban J connectivity index is 0.000000130. The van der Waals surface area contributed by atoms with Gasteiger partial charge >= 0.3 is 5.97 Å². The molecule has 4 amide bonds. The number of hydrogen-bond donors (Lipinski definition) is 2. The molecule has 5 aromatic rings. The van der Waals surface area contributed by atoms with Crippen LogP contribution in [0.3, 0.4) is 0 Å². The van der Waals surface area contributed by atoms with E-state index in [2.05, 4.69) is 98.8 Å². The first-order valence-electron chi connectivity index (χ1n) is 56.9. The fourth-order valence-corrected chi connectivity index (χ4v) is 28.4. The van der Waals surface area contributed by atoms with Gasteiger partial charge in [-0.15, -0.1) is 0 Å². The highest BCUT2D eigenvalue weighted by molar-refractivity contribution is 6.10. The molecule has 11 fully saturated rings. The highest BCUT2D eigenvalue weighted by Gasteiger charge is 2.50. The number of Topliss-reactive ketones (excluding diaryl/α,β-unsaturated/α-hetero) is 3. The number of benzene rings is 4. The van der Waals surface area contributed by atoms with E-state index in [0.29, 0.717) is 92.7 Å². The molecule has 2 bridgehead atoms. The molecule has 788 valence electrons. The predicted octanol–water partition coefficient (Wildman–Crippen LogP) is 23.9. The molecule has 11 aliphatic heterocycles. The van der Waals surface area contributed by atoms with Crippen LogP contribution in [0.15, 0.2) is 140 Å². The topological polar surface area (TPSA) is 215 Å². The molecule has 145 heavy (non-hydrogen) atoms. The number of aromatic nitrogens is 1. The third-order valence-corrected chi connectivity index (χ3v) is 35.6. The highest BCUT2D eigenvalue weighted by Crippen LogP contribution is 2.47. The Morgan fingerprint density at radius 2 is 0.703 bits per heavy atom. The first-order chi connectivity index (χ1) is 70.2. The number of allylic oxidation sites excluding steroid dienone is 1. The van der Waals surface area contributed by atoms with Crippen molar-refractivity contribution in [3.8, 4) is 0 Å². The normalized spacial score (nSPS) is 25.2. The van der Waals surface area contributed by atoms with Crippen LogP contribution in [0.25, 0.3) is 0 Å². The number of carbonyl (C=O) groups excluding carboxylic acids is 8. The molecule has 0 spiro atoms. The summed E-state index contributed by atoms with van der Waals surface area (Å²) in [4.78, 5) is 129. The molecule has 3 atom stereocenters. The number of piperidine rings is 6. The molecule has 12 heterocycles. The number of para-hydroxylation sites is 3. The van der Waals surface area contributed by atoms with Gasteiger partial charge in [0.2, 0.25) is 23.6 Å². The molecule has 21 rings (SSSR count). The molecule has 1 aromatic heterocycles. The maximum Gasteiger partial charge on any atom is 0.326 e. The van der Waals surface area contributed by atoms with Gasteiger partial charge in [-0.05, 0) is 213 Å². The van der Waals surface area contributed by atoms with Crippen LogP contribution in [-0.2, 0) is 62.4 Å². The lowest BCUT2D eigenvalue weighted by Gasteiger charge is -2.54. The fourth-order valence-electron chi connectivity index (χ4n) is 28.4. The Kier molecular flexibility index (Phi) is 39.4. The van der Waals surface area contributed by atoms with Gasteiger partial charge in [0.05, 0.1) is 79.0 Å². The Hall–Kier alpha value is -9.33. The van der Waals surface area contributed by atoms with E-state index in [1.165, 1.54) is 263 Å². The predicted molar refractivity (Wildman–Crippen MR) is 579 cm³/mol. The molecule has 22 nitrogen and oxygen atoms in total. The second-order valence-corrected chi connectivity index (χ2v) is 45.1. The highest BCUT2D eigenvalue weighted by atomic mass is 19.1. The summed E-state index contributed by atoms with van der Waals surface area (Å²) in [5.74, 6) is -0.958. The monoisotopic (exact) mass is 1990 g/mol. The maximum absolute atomic E-state index is 14.1. The first-order valence-corrected chi connectivity index (χ1v) is 56.9. The van der Waals surface area contributed by atoms with Crippen molar-refractivity contribution in [2.75, 3.05) is 94.6 Å². The van der Waals surface area contributed by atoms with E-state index in [0.717, 1.165) is 184 Å². The van der Waals surface area contributed by atoms with E-state index in [-0.39, 0.29) is 104 Å². The minimum absolute atomic E-state index is 0. The number of hydrogen-bond acceptors (Lipinski definition) is 18. The lowest BCUT2D eigenvalue weighted by atomic mass is 9.78. The first kappa shape index (κ1) is 108. The summed E-state index contributed by atoms with van der Waals surface area (Å²) in [5.41, 5.74) is 10.8. The molecule has 5 aliphatic carbocycles. The average molecular weight is 1990 g/mol. The van der Waals surface area contributed by atoms with Gasteiger partial charge in [0.25, 0.3) is 0 Å². The number of methoxy groups -OCH3 is 1. The fraction of sp³-hybridized carbons (Fsp3) is 0.645. The summed E-state index contributed by atoms with van der Waals surface area (Å²) in [7, 11) is 1.47. The number of fused-ring (bicyclic) bond motifs is 7. The summed E-state index contributed by atoms with van der Waals surface area (Å²) in [6, 6.07) is 34.8. The van der Waals surface area contributed by atoms with Crippen LogP contribution in [0.4, 0.5) is 48.6 Å². The summed E-state index contributed by atoms with van der Waals surface area (Å²) < 4.78 is 33.3. The lowest BCUT2D eigenvalue weighted by molar-refractivity contribution is -0.158. The van der Waals surface area contributed by atoms with E-state index in [4.69, 9.17) is 4.74 Å². The number of anilines is 7. The largest absolute Gasteiger partial charge is 0.468 e. The standard InChI is InChI=1S/C26H36N2O2.C25H33FN2O4.C23H32FN3O.2C23H33N3O.CH4/c29-24-15-19-9-6-7-14-25(19)28(26(30)18-24)23-16-21-12-8-13-22(17-23)27(21)20-10-4-2-1-3-5-11-20;1-32-24(31)25(11-5-3-2-4-6-12-25)27-13-9-20(10-14-27)28-22-16-19(26)8-7-18(22)15-21(29)17-23(28)30;1-17-15-23(28)25-21-10-9-18(24)16-22(21)27(17)20-11-13-26(14-12-20)19-7-5-3-2-4-6-8-19;1-18-17-23(27)24-21-11-7-8-12-22(21)26(18)20-13-15-25(16-14-20)19-9-5-3-2-4-6-10-19;1-18-16-21(27)17-22-23(10-7-13-24-22)26(18)20-11-14-25(15-12-20)19-8-5-3-2-4-6-9-19;/h6-7,9,14,20-23H,1-5,8,10-13,15-18H2;7-8,16,20H,2-6,9-15,17H2,1H3;9-10,16,19-20H,1-8,11-15H2,(H,25,28);7-8,11-12,19-20H,1-6,9-10,13-17H2,(H,24,27);7,10,13,19-20H,1-6,8-9,11-12,14-17H2;1H4/t21-,22+,23?;;;;;. The van der Waals surface area contributed by atoms with Gasteiger partial charge in [0.1, 0.15) is 34.5 Å². The summed E-state index contributed by atoms with van der Waals surface area (Å²) in [6.45, 7) is 20.9. The van der Waals surface area contributed by atoms with E-state index < -0.39 is 11.4 Å². The van der Waals surface area contributed by atoms with E-state index in [9.17, 15) is 47.1 Å².